The van der Waals surface area contributed by atoms with Gasteiger partial charge in [-0.1, -0.05) is 36.4 Å². The fourth-order valence-electron chi connectivity index (χ4n) is 5.05. The molecule has 5 rings (SSSR count). The average Bonchev–Trinajstić information content (AvgIpc) is 3.42. The number of para-hydroxylation sites is 1. The second-order valence-electron chi connectivity index (χ2n) is 11.0. The van der Waals surface area contributed by atoms with Crippen LogP contribution in [0.15, 0.2) is 72.8 Å². The highest BCUT2D eigenvalue weighted by Gasteiger charge is 2.49. The van der Waals surface area contributed by atoms with E-state index in [2.05, 4.69) is 21.9 Å². The average molecular weight is 670 g/mol. The predicted molar refractivity (Wildman–Crippen MR) is 169 cm³/mol. The summed E-state index contributed by atoms with van der Waals surface area (Å²) in [7, 11) is 3.61. The van der Waals surface area contributed by atoms with Gasteiger partial charge in [0.25, 0.3) is 0 Å². The Kier molecular flexibility index (Phi) is 13.8. The summed E-state index contributed by atoms with van der Waals surface area (Å²) in [6.07, 6.45) is 2.19. The third kappa shape index (κ3) is 11.0. The molecule has 258 valence electrons. The number of piperazine rings is 1. The SMILES string of the molecule is CN(C)C(=O)CN1CCN(CC2COC3(O2)c2ccccc2COc2ccccc23)CC1.O=C(O)/C=C/C(=O)O.O=C(O)/C=C/C(=O)O. The van der Waals surface area contributed by atoms with Crippen molar-refractivity contribution in [3.05, 3.63) is 89.5 Å². The maximum absolute atomic E-state index is 12.0. The van der Waals surface area contributed by atoms with E-state index in [1.54, 1.807) is 19.0 Å². The van der Waals surface area contributed by atoms with E-state index < -0.39 is 29.7 Å². The molecule has 15 heteroatoms. The lowest BCUT2D eigenvalue weighted by Crippen LogP contribution is -2.51. The zero-order chi connectivity index (χ0) is 35.3. The van der Waals surface area contributed by atoms with Crippen LogP contribution in [0.3, 0.4) is 0 Å². The first-order chi connectivity index (χ1) is 22.8. The van der Waals surface area contributed by atoms with Crippen molar-refractivity contribution in [2.45, 2.75) is 18.5 Å². The molecule has 1 spiro atoms. The molecule has 2 fully saturated rings. The van der Waals surface area contributed by atoms with Gasteiger partial charge in [-0.25, -0.2) is 19.2 Å². The number of hydrogen-bond acceptors (Lipinski definition) is 10. The Bertz CT molecular complexity index is 1400. The number of rotatable bonds is 8. The Balaban J connectivity index is 0.000000325. The number of amides is 1. The number of carbonyl (C=O) groups excluding carboxylic acids is 1. The number of carboxylic acids is 4. The second kappa shape index (κ2) is 17.7. The summed E-state index contributed by atoms with van der Waals surface area (Å²) >= 11 is 0. The summed E-state index contributed by atoms with van der Waals surface area (Å²) in [5.74, 6) is -5.00. The van der Waals surface area contributed by atoms with Crippen LogP contribution in [0.1, 0.15) is 16.7 Å². The third-order valence-electron chi connectivity index (χ3n) is 7.32. The van der Waals surface area contributed by atoms with Crippen LogP contribution >= 0.6 is 0 Å². The van der Waals surface area contributed by atoms with E-state index in [1.165, 1.54) is 0 Å². The number of hydrogen-bond donors (Lipinski definition) is 4. The lowest BCUT2D eigenvalue weighted by molar-refractivity contribution is -0.145. The second-order valence-corrected chi connectivity index (χ2v) is 11.0. The molecule has 2 atom stereocenters. The van der Waals surface area contributed by atoms with E-state index in [0.717, 1.165) is 55.2 Å². The summed E-state index contributed by atoms with van der Waals surface area (Å²) in [6, 6.07) is 16.2. The predicted octanol–water partition coefficient (Wildman–Crippen LogP) is 1.32. The number of aliphatic carboxylic acids is 4. The standard InChI is InChI=1S/C25H31N3O4.2C4H4O4/c1-26(2)24(29)16-28-13-11-27(12-14-28)15-20-18-31-25(32-20)21-8-4-3-7-19(21)17-30-23-10-6-5-9-22(23)25;2*5-3(6)1-2-4(7)8/h3-10,20H,11-18H2,1-2H3;2*1-2H,(H,5,6)(H,7,8)/b;2*2-1+. The molecule has 3 aliphatic heterocycles. The summed E-state index contributed by atoms with van der Waals surface area (Å²) in [5.41, 5.74) is 3.04. The highest BCUT2D eigenvalue weighted by Crippen LogP contribution is 2.47. The molecule has 3 aliphatic rings. The molecule has 0 aromatic heterocycles. The smallest absolute Gasteiger partial charge is 0.328 e. The van der Waals surface area contributed by atoms with Crippen molar-refractivity contribution in [3.8, 4) is 5.75 Å². The zero-order valence-electron chi connectivity index (χ0n) is 26.6. The van der Waals surface area contributed by atoms with E-state index in [4.69, 9.17) is 34.6 Å². The van der Waals surface area contributed by atoms with Gasteiger partial charge >= 0.3 is 23.9 Å². The van der Waals surface area contributed by atoms with E-state index in [-0.39, 0.29) is 12.0 Å². The molecule has 0 aliphatic carbocycles. The van der Waals surface area contributed by atoms with Crippen LogP contribution in [-0.4, -0.2) is 131 Å². The Morgan fingerprint density at radius 3 is 1.81 bits per heavy atom. The summed E-state index contributed by atoms with van der Waals surface area (Å²) < 4.78 is 19.3. The van der Waals surface area contributed by atoms with Crippen LogP contribution in [0.25, 0.3) is 0 Å². The molecule has 2 aromatic rings. The Morgan fingerprint density at radius 2 is 1.27 bits per heavy atom. The molecule has 0 bridgehead atoms. The molecule has 2 unspecified atom stereocenters. The molecule has 2 aromatic carbocycles. The maximum atomic E-state index is 12.0. The van der Waals surface area contributed by atoms with Crippen molar-refractivity contribution in [2.24, 2.45) is 0 Å². The molecule has 0 radical (unpaired) electrons. The summed E-state index contributed by atoms with van der Waals surface area (Å²) in [5, 5.41) is 31.2. The Labute approximate surface area is 276 Å². The topological polar surface area (TPSA) is 204 Å². The zero-order valence-corrected chi connectivity index (χ0v) is 26.6. The van der Waals surface area contributed by atoms with Crippen LogP contribution < -0.4 is 4.74 Å². The number of ether oxygens (including phenoxy) is 3. The minimum absolute atomic E-state index is 0.0378. The molecule has 3 heterocycles. The fourth-order valence-corrected chi connectivity index (χ4v) is 5.05. The largest absolute Gasteiger partial charge is 0.488 e. The van der Waals surface area contributed by atoms with Crippen LogP contribution in [0.2, 0.25) is 0 Å². The highest BCUT2D eigenvalue weighted by atomic mass is 16.7. The monoisotopic (exact) mass is 669 g/mol. The first-order valence-electron chi connectivity index (χ1n) is 14.9. The van der Waals surface area contributed by atoms with Crippen LogP contribution in [0.4, 0.5) is 0 Å². The van der Waals surface area contributed by atoms with Crippen LogP contribution in [0, 0.1) is 0 Å². The van der Waals surface area contributed by atoms with Crippen molar-refractivity contribution in [2.75, 3.05) is 60.0 Å². The minimum atomic E-state index is -1.26. The van der Waals surface area contributed by atoms with Crippen molar-refractivity contribution < 1.29 is 58.6 Å². The number of carbonyl (C=O) groups is 5. The highest BCUT2D eigenvalue weighted by molar-refractivity contribution is 5.90. The minimum Gasteiger partial charge on any atom is -0.488 e. The molecule has 4 N–H and O–H groups in total. The molecule has 48 heavy (non-hydrogen) atoms. The number of nitrogens with zero attached hydrogens (tertiary/aromatic N) is 3. The number of benzene rings is 2. The van der Waals surface area contributed by atoms with Gasteiger partial charge in [0, 0.05) is 76.7 Å². The van der Waals surface area contributed by atoms with Gasteiger partial charge in [0.2, 0.25) is 11.7 Å². The molecule has 0 saturated carbocycles. The van der Waals surface area contributed by atoms with Gasteiger partial charge in [-0.15, -0.1) is 0 Å². The van der Waals surface area contributed by atoms with Gasteiger partial charge in [0.05, 0.1) is 24.8 Å². The van der Waals surface area contributed by atoms with E-state index in [0.29, 0.717) is 44.1 Å². The van der Waals surface area contributed by atoms with Gasteiger partial charge < -0.3 is 39.5 Å². The van der Waals surface area contributed by atoms with E-state index in [9.17, 15) is 24.0 Å². The summed E-state index contributed by atoms with van der Waals surface area (Å²) in [6.45, 7) is 5.94. The normalized spacial score (nSPS) is 20.2. The fraction of sp³-hybridized carbons (Fsp3) is 0.364. The lowest BCUT2D eigenvalue weighted by atomic mass is 9.93. The Morgan fingerprint density at radius 1 is 0.771 bits per heavy atom. The van der Waals surface area contributed by atoms with Gasteiger partial charge in [0.15, 0.2) is 0 Å². The van der Waals surface area contributed by atoms with Crippen molar-refractivity contribution in [1.82, 2.24) is 14.7 Å². The molecule has 15 nitrogen and oxygen atoms in total. The van der Waals surface area contributed by atoms with Gasteiger partial charge in [-0.3, -0.25) is 14.6 Å². The van der Waals surface area contributed by atoms with E-state index >= 15 is 0 Å². The number of likely N-dealkylation sites (N-methyl/N-ethyl adjacent to an activating group) is 1. The quantitative estimate of drug-likeness (QED) is 0.293. The van der Waals surface area contributed by atoms with Crippen LogP contribution in [-0.2, 0) is 45.8 Å². The summed E-state index contributed by atoms with van der Waals surface area (Å²) in [4.78, 5) is 56.5. The molecular weight excluding hydrogens is 630 g/mol. The maximum Gasteiger partial charge on any atom is 0.328 e. The Hall–Kier alpha value is -5.09. The van der Waals surface area contributed by atoms with Crippen molar-refractivity contribution >= 4 is 29.8 Å². The van der Waals surface area contributed by atoms with Crippen molar-refractivity contribution in [3.63, 3.8) is 0 Å². The van der Waals surface area contributed by atoms with Gasteiger partial charge in [-0.2, -0.15) is 0 Å². The third-order valence-corrected chi connectivity index (χ3v) is 7.32. The van der Waals surface area contributed by atoms with Crippen LogP contribution in [0.5, 0.6) is 5.75 Å². The van der Waals surface area contributed by atoms with Gasteiger partial charge in [-0.05, 0) is 17.7 Å². The van der Waals surface area contributed by atoms with Crippen molar-refractivity contribution in [1.29, 1.82) is 0 Å². The molecule has 2 saturated heterocycles. The first-order valence-corrected chi connectivity index (χ1v) is 14.9. The first kappa shape index (κ1) is 37.4. The molecular formula is C33H39N3O12. The van der Waals surface area contributed by atoms with Gasteiger partial charge in [0.1, 0.15) is 12.4 Å². The number of carboxylic acid groups (broad SMARTS) is 4. The lowest BCUT2D eigenvalue weighted by Gasteiger charge is -2.36. The van der Waals surface area contributed by atoms with E-state index in [1.807, 2.05) is 36.4 Å². The number of fused-ring (bicyclic) bond motifs is 4. The molecule has 1 amide bonds.